The number of hydrogen-bond acceptors (Lipinski definition) is 1. The molecule has 0 radical (unpaired) electrons. The van der Waals surface area contributed by atoms with Gasteiger partial charge in [-0.15, -0.1) is 6.58 Å². The molecule has 0 fully saturated rings. The van der Waals surface area contributed by atoms with Gasteiger partial charge < -0.3 is 5.32 Å². The van der Waals surface area contributed by atoms with E-state index in [1.807, 2.05) is 0 Å². The van der Waals surface area contributed by atoms with Gasteiger partial charge in [-0.05, 0) is 55.5 Å². The van der Waals surface area contributed by atoms with Crippen LogP contribution in [0.3, 0.4) is 0 Å². The fourth-order valence-corrected chi connectivity index (χ4v) is 2.70. The smallest absolute Gasteiger partial charge is 0.0110 e. The Labute approximate surface area is 129 Å². The number of hydrogen-bond donors (Lipinski definition) is 1. The molecule has 1 unspecified atom stereocenters. The zero-order valence-electron chi connectivity index (χ0n) is 13.4. The molecule has 1 nitrogen and oxygen atoms in total. The fourth-order valence-electron chi connectivity index (χ4n) is 2.70. The van der Waals surface area contributed by atoms with Crippen molar-refractivity contribution in [3.63, 3.8) is 0 Å². The monoisotopic (exact) mass is 281 g/mol. The summed E-state index contributed by atoms with van der Waals surface area (Å²) >= 11 is 0. The van der Waals surface area contributed by atoms with Gasteiger partial charge in [0.25, 0.3) is 0 Å². The van der Waals surface area contributed by atoms with Crippen molar-refractivity contribution < 1.29 is 0 Å². The van der Waals surface area contributed by atoms with Crippen molar-refractivity contribution >= 4 is 10.8 Å². The lowest BCUT2D eigenvalue weighted by atomic mass is 9.98. The molecule has 2 aromatic carbocycles. The maximum atomic E-state index is 4.03. The Morgan fingerprint density at radius 3 is 2.62 bits per heavy atom. The van der Waals surface area contributed by atoms with Crippen LogP contribution < -0.4 is 5.32 Å². The van der Waals surface area contributed by atoms with E-state index < -0.39 is 0 Å². The third-order valence-electron chi connectivity index (χ3n) is 3.90. The summed E-state index contributed by atoms with van der Waals surface area (Å²) in [5.74, 6) is 0. The molecule has 0 saturated heterocycles. The Hall–Kier alpha value is -1.60. The molecule has 21 heavy (non-hydrogen) atoms. The summed E-state index contributed by atoms with van der Waals surface area (Å²) in [6.45, 7) is 9.46. The standard InChI is InChI=1S/C20H27N/c1-4-13-21-20(12-9-16(2)3)15-17-10-11-18-7-5-6-8-19(18)14-17/h5-8,10-11,14,20-21H,2,4,9,12-13,15H2,1,3H3. The molecule has 0 heterocycles. The van der Waals surface area contributed by atoms with Gasteiger partial charge in [-0.2, -0.15) is 0 Å². The summed E-state index contributed by atoms with van der Waals surface area (Å²) < 4.78 is 0. The van der Waals surface area contributed by atoms with E-state index in [2.05, 4.69) is 68.2 Å². The first-order valence-electron chi connectivity index (χ1n) is 8.04. The molecule has 0 aliphatic rings. The van der Waals surface area contributed by atoms with Gasteiger partial charge in [0.1, 0.15) is 0 Å². The van der Waals surface area contributed by atoms with Gasteiger partial charge in [0, 0.05) is 6.04 Å². The number of rotatable bonds is 8. The number of allylic oxidation sites excluding steroid dienone is 1. The average Bonchev–Trinajstić information content (AvgIpc) is 2.49. The van der Waals surface area contributed by atoms with E-state index in [-0.39, 0.29) is 0 Å². The van der Waals surface area contributed by atoms with Gasteiger partial charge in [0.15, 0.2) is 0 Å². The molecule has 0 aliphatic heterocycles. The van der Waals surface area contributed by atoms with Crippen molar-refractivity contribution in [3.05, 3.63) is 60.2 Å². The van der Waals surface area contributed by atoms with Gasteiger partial charge in [0.05, 0.1) is 0 Å². The molecule has 0 spiro atoms. The number of nitrogens with one attached hydrogen (secondary N) is 1. The Morgan fingerprint density at radius 1 is 1.14 bits per heavy atom. The van der Waals surface area contributed by atoms with Gasteiger partial charge in [-0.3, -0.25) is 0 Å². The second kappa shape index (κ2) is 7.99. The van der Waals surface area contributed by atoms with Crippen LogP contribution in [-0.4, -0.2) is 12.6 Å². The van der Waals surface area contributed by atoms with E-state index in [9.17, 15) is 0 Å². The topological polar surface area (TPSA) is 12.0 Å². The summed E-state index contributed by atoms with van der Waals surface area (Å²) in [5.41, 5.74) is 2.70. The van der Waals surface area contributed by atoms with Crippen LogP contribution in [0.2, 0.25) is 0 Å². The van der Waals surface area contributed by atoms with E-state index >= 15 is 0 Å². The van der Waals surface area contributed by atoms with Gasteiger partial charge in [-0.25, -0.2) is 0 Å². The maximum Gasteiger partial charge on any atom is 0.0110 e. The molecular weight excluding hydrogens is 254 g/mol. The SMILES string of the molecule is C=C(C)CCC(Cc1ccc2ccccc2c1)NCCC. The van der Waals surface area contributed by atoms with Crippen molar-refractivity contribution in [2.45, 2.75) is 45.6 Å². The summed E-state index contributed by atoms with van der Waals surface area (Å²) in [7, 11) is 0. The summed E-state index contributed by atoms with van der Waals surface area (Å²) in [6, 6.07) is 16.0. The molecule has 112 valence electrons. The van der Waals surface area contributed by atoms with Crippen LogP contribution >= 0.6 is 0 Å². The Balaban J connectivity index is 2.07. The van der Waals surface area contributed by atoms with E-state index in [1.165, 1.54) is 34.8 Å². The predicted octanol–water partition coefficient (Wildman–Crippen LogP) is 5.11. The lowest BCUT2D eigenvalue weighted by molar-refractivity contribution is 0.477. The van der Waals surface area contributed by atoms with Crippen LogP contribution in [0, 0.1) is 0 Å². The van der Waals surface area contributed by atoms with Crippen LogP contribution in [0.1, 0.15) is 38.7 Å². The van der Waals surface area contributed by atoms with Crippen molar-refractivity contribution in [2.24, 2.45) is 0 Å². The van der Waals surface area contributed by atoms with Crippen LogP contribution in [0.5, 0.6) is 0 Å². The highest BCUT2D eigenvalue weighted by Gasteiger charge is 2.09. The van der Waals surface area contributed by atoms with Gasteiger partial charge >= 0.3 is 0 Å². The fraction of sp³-hybridized carbons (Fsp3) is 0.400. The van der Waals surface area contributed by atoms with E-state index in [4.69, 9.17) is 0 Å². The number of benzene rings is 2. The minimum atomic E-state index is 0.544. The minimum absolute atomic E-state index is 0.544. The predicted molar refractivity (Wildman–Crippen MR) is 93.8 cm³/mol. The van der Waals surface area contributed by atoms with Crippen molar-refractivity contribution in [2.75, 3.05) is 6.54 Å². The molecule has 1 atom stereocenters. The molecule has 0 saturated carbocycles. The van der Waals surface area contributed by atoms with Crippen LogP contribution in [0.25, 0.3) is 10.8 Å². The highest BCUT2D eigenvalue weighted by Crippen LogP contribution is 2.18. The number of fused-ring (bicyclic) bond motifs is 1. The first-order valence-corrected chi connectivity index (χ1v) is 8.04. The molecule has 0 aromatic heterocycles. The Kier molecular flexibility index (Phi) is 6.01. The van der Waals surface area contributed by atoms with Gasteiger partial charge in [0.2, 0.25) is 0 Å². The summed E-state index contributed by atoms with van der Waals surface area (Å²) in [6.07, 6.45) is 4.55. The van der Waals surface area contributed by atoms with E-state index in [1.54, 1.807) is 0 Å². The van der Waals surface area contributed by atoms with Crippen molar-refractivity contribution in [1.82, 2.24) is 5.32 Å². The average molecular weight is 281 g/mol. The third kappa shape index (κ3) is 5.02. The molecule has 0 amide bonds. The molecule has 1 heteroatoms. The minimum Gasteiger partial charge on any atom is -0.314 e. The Morgan fingerprint density at radius 2 is 1.90 bits per heavy atom. The van der Waals surface area contributed by atoms with Crippen LogP contribution in [-0.2, 0) is 6.42 Å². The van der Waals surface area contributed by atoms with Crippen LogP contribution in [0.15, 0.2) is 54.6 Å². The second-order valence-electron chi connectivity index (χ2n) is 6.03. The zero-order valence-corrected chi connectivity index (χ0v) is 13.4. The first-order chi connectivity index (χ1) is 10.2. The molecule has 2 aromatic rings. The first kappa shape index (κ1) is 15.8. The van der Waals surface area contributed by atoms with Gasteiger partial charge in [-0.1, -0.05) is 55.0 Å². The maximum absolute atomic E-state index is 4.03. The van der Waals surface area contributed by atoms with Crippen molar-refractivity contribution in [1.29, 1.82) is 0 Å². The largest absolute Gasteiger partial charge is 0.314 e. The van der Waals surface area contributed by atoms with Crippen LogP contribution in [0.4, 0.5) is 0 Å². The zero-order chi connectivity index (χ0) is 15.1. The molecule has 0 aliphatic carbocycles. The molecule has 1 N–H and O–H groups in total. The van der Waals surface area contributed by atoms with Crippen molar-refractivity contribution in [3.8, 4) is 0 Å². The Bertz CT molecular complexity index is 585. The third-order valence-corrected chi connectivity index (χ3v) is 3.90. The highest BCUT2D eigenvalue weighted by atomic mass is 14.9. The molecule has 2 rings (SSSR count). The molecule has 0 bridgehead atoms. The highest BCUT2D eigenvalue weighted by molar-refractivity contribution is 5.82. The lowest BCUT2D eigenvalue weighted by Crippen LogP contribution is -2.31. The normalized spacial score (nSPS) is 12.5. The van der Waals surface area contributed by atoms with E-state index in [0.717, 1.165) is 19.4 Å². The quantitative estimate of drug-likeness (QED) is 0.663. The molecular formula is C20H27N. The summed E-state index contributed by atoms with van der Waals surface area (Å²) in [4.78, 5) is 0. The van der Waals surface area contributed by atoms with E-state index in [0.29, 0.717) is 6.04 Å². The lowest BCUT2D eigenvalue weighted by Gasteiger charge is -2.19. The summed E-state index contributed by atoms with van der Waals surface area (Å²) in [5, 5.41) is 6.34. The second-order valence-corrected chi connectivity index (χ2v) is 6.03.